The van der Waals surface area contributed by atoms with Crippen molar-refractivity contribution in [1.82, 2.24) is 4.90 Å². The fourth-order valence-corrected chi connectivity index (χ4v) is 3.84. The highest BCUT2D eigenvalue weighted by molar-refractivity contribution is 5.89. The van der Waals surface area contributed by atoms with Crippen molar-refractivity contribution in [3.05, 3.63) is 72.3 Å². The standard InChI is InChI=1S/C23H23NO2/c25-21-12-3-1-9-18(21)19-11-7-8-17(16-24-14-5-6-15-24)23(19)20-10-2-4-13-22(20)26/h1-4,7-13,25-26H,5-6,14-16H2. The third-order valence-corrected chi connectivity index (χ3v) is 5.11. The summed E-state index contributed by atoms with van der Waals surface area (Å²) in [6.45, 7) is 3.08. The first-order valence-corrected chi connectivity index (χ1v) is 9.15. The lowest BCUT2D eigenvalue weighted by molar-refractivity contribution is 0.332. The Morgan fingerprint density at radius 3 is 1.88 bits per heavy atom. The van der Waals surface area contributed by atoms with Crippen molar-refractivity contribution in [3.8, 4) is 33.8 Å². The number of hydrogen-bond acceptors (Lipinski definition) is 3. The van der Waals surface area contributed by atoms with Gasteiger partial charge in [0, 0.05) is 17.7 Å². The number of hydrogen-bond donors (Lipinski definition) is 2. The van der Waals surface area contributed by atoms with E-state index >= 15 is 0 Å². The van der Waals surface area contributed by atoms with Crippen LogP contribution < -0.4 is 0 Å². The first kappa shape index (κ1) is 16.7. The largest absolute Gasteiger partial charge is 0.507 e. The van der Waals surface area contributed by atoms with Crippen molar-refractivity contribution < 1.29 is 10.2 Å². The molecule has 0 spiro atoms. The molecule has 3 nitrogen and oxygen atoms in total. The third-order valence-electron chi connectivity index (χ3n) is 5.11. The quantitative estimate of drug-likeness (QED) is 0.697. The Bertz CT molecular complexity index is 914. The van der Waals surface area contributed by atoms with Crippen molar-refractivity contribution in [2.75, 3.05) is 13.1 Å². The molecule has 0 amide bonds. The van der Waals surface area contributed by atoms with Gasteiger partial charge in [-0.05, 0) is 54.8 Å². The average molecular weight is 345 g/mol. The molecule has 2 N–H and O–H groups in total. The highest BCUT2D eigenvalue weighted by atomic mass is 16.3. The molecule has 1 saturated heterocycles. The van der Waals surface area contributed by atoms with E-state index in [1.807, 2.05) is 48.5 Å². The van der Waals surface area contributed by atoms with Crippen LogP contribution in [0.1, 0.15) is 18.4 Å². The zero-order valence-electron chi connectivity index (χ0n) is 14.7. The zero-order valence-corrected chi connectivity index (χ0v) is 14.7. The van der Waals surface area contributed by atoms with Gasteiger partial charge in [-0.1, -0.05) is 54.6 Å². The van der Waals surface area contributed by atoms with Crippen LogP contribution in [0, 0.1) is 0 Å². The molecule has 1 heterocycles. The second-order valence-corrected chi connectivity index (χ2v) is 6.86. The fourth-order valence-electron chi connectivity index (χ4n) is 3.84. The maximum absolute atomic E-state index is 10.5. The number of phenolic OH excluding ortho intramolecular Hbond substituents is 2. The summed E-state index contributed by atoms with van der Waals surface area (Å²) in [7, 11) is 0. The van der Waals surface area contributed by atoms with Gasteiger partial charge in [0.25, 0.3) is 0 Å². The van der Waals surface area contributed by atoms with E-state index < -0.39 is 0 Å². The van der Waals surface area contributed by atoms with Crippen LogP contribution in [0.4, 0.5) is 0 Å². The summed E-state index contributed by atoms with van der Waals surface area (Å²) in [5, 5.41) is 20.9. The smallest absolute Gasteiger partial charge is 0.123 e. The summed E-state index contributed by atoms with van der Waals surface area (Å²) >= 11 is 0. The van der Waals surface area contributed by atoms with Gasteiger partial charge in [0.1, 0.15) is 11.5 Å². The SMILES string of the molecule is Oc1ccccc1-c1cccc(CN2CCCC2)c1-c1ccccc1O. The molecule has 3 aromatic carbocycles. The van der Waals surface area contributed by atoms with Crippen molar-refractivity contribution in [3.63, 3.8) is 0 Å². The summed E-state index contributed by atoms with van der Waals surface area (Å²) in [6, 6.07) is 21.0. The van der Waals surface area contributed by atoms with Crippen molar-refractivity contribution in [2.24, 2.45) is 0 Å². The van der Waals surface area contributed by atoms with Crippen LogP contribution in [0.2, 0.25) is 0 Å². The molecule has 26 heavy (non-hydrogen) atoms. The van der Waals surface area contributed by atoms with E-state index in [0.29, 0.717) is 0 Å². The van der Waals surface area contributed by atoms with Crippen LogP contribution >= 0.6 is 0 Å². The van der Waals surface area contributed by atoms with Gasteiger partial charge in [-0.3, -0.25) is 4.90 Å². The van der Waals surface area contributed by atoms with Crippen LogP contribution in [0.5, 0.6) is 11.5 Å². The van der Waals surface area contributed by atoms with Crippen molar-refractivity contribution >= 4 is 0 Å². The molecule has 1 fully saturated rings. The van der Waals surface area contributed by atoms with Gasteiger partial charge in [-0.2, -0.15) is 0 Å². The summed E-state index contributed by atoms with van der Waals surface area (Å²) < 4.78 is 0. The third kappa shape index (κ3) is 3.18. The highest BCUT2D eigenvalue weighted by Crippen LogP contribution is 2.42. The number of para-hydroxylation sites is 2. The molecule has 4 rings (SSSR count). The molecule has 132 valence electrons. The van der Waals surface area contributed by atoms with E-state index in [2.05, 4.69) is 11.0 Å². The van der Waals surface area contributed by atoms with Gasteiger partial charge in [-0.15, -0.1) is 0 Å². The maximum Gasteiger partial charge on any atom is 0.123 e. The fraction of sp³-hybridized carbons (Fsp3) is 0.217. The molecule has 0 bridgehead atoms. The number of benzene rings is 3. The Labute approximate surface area is 154 Å². The lowest BCUT2D eigenvalue weighted by Crippen LogP contribution is -2.19. The van der Waals surface area contributed by atoms with E-state index in [9.17, 15) is 10.2 Å². The van der Waals surface area contributed by atoms with E-state index in [1.54, 1.807) is 12.1 Å². The van der Waals surface area contributed by atoms with Gasteiger partial charge in [0.15, 0.2) is 0 Å². The Kier molecular flexibility index (Phi) is 4.63. The van der Waals surface area contributed by atoms with Crippen LogP contribution in [0.15, 0.2) is 66.7 Å². The number of rotatable bonds is 4. The number of phenols is 2. The Hall–Kier alpha value is -2.78. The second kappa shape index (κ2) is 7.22. The summed E-state index contributed by atoms with van der Waals surface area (Å²) in [5.41, 5.74) is 4.71. The molecule has 0 radical (unpaired) electrons. The zero-order chi connectivity index (χ0) is 17.9. The minimum atomic E-state index is 0.252. The lowest BCUT2D eigenvalue weighted by atomic mass is 9.89. The van der Waals surface area contributed by atoms with Gasteiger partial charge in [-0.25, -0.2) is 0 Å². The Morgan fingerprint density at radius 2 is 1.23 bits per heavy atom. The van der Waals surface area contributed by atoms with Gasteiger partial charge in [0.05, 0.1) is 0 Å². The molecule has 0 aliphatic carbocycles. The molecule has 1 aliphatic rings. The molecular weight excluding hydrogens is 322 g/mol. The number of likely N-dealkylation sites (tertiary alicyclic amines) is 1. The van der Waals surface area contributed by atoms with E-state index in [-0.39, 0.29) is 11.5 Å². The van der Waals surface area contributed by atoms with E-state index in [4.69, 9.17) is 0 Å². The average Bonchev–Trinajstić information content (AvgIpc) is 3.16. The van der Waals surface area contributed by atoms with Crippen LogP contribution in [-0.4, -0.2) is 28.2 Å². The predicted octanol–water partition coefficient (Wildman–Crippen LogP) is 5.03. The minimum Gasteiger partial charge on any atom is -0.507 e. The molecule has 0 atom stereocenters. The van der Waals surface area contributed by atoms with Gasteiger partial charge < -0.3 is 10.2 Å². The Morgan fingerprint density at radius 1 is 0.654 bits per heavy atom. The van der Waals surface area contributed by atoms with Gasteiger partial charge >= 0.3 is 0 Å². The summed E-state index contributed by atoms with van der Waals surface area (Å²) in [5.74, 6) is 0.514. The molecular formula is C23H23NO2. The maximum atomic E-state index is 10.5. The van der Waals surface area contributed by atoms with Crippen LogP contribution in [0.25, 0.3) is 22.3 Å². The van der Waals surface area contributed by atoms with Crippen LogP contribution in [-0.2, 0) is 6.54 Å². The minimum absolute atomic E-state index is 0.252. The molecule has 0 aromatic heterocycles. The highest BCUT2D eigenvalue weighted by Gasteiger charge is 2.19. The van der Waals surface area contributed by atoms with E-state index in [1.165, 1.54) is 18.4 Å². The topological polar surface area (TPSA) is 43.7 Å². The molecule has 3 heteroatoms. The lowest BCUT2D eigenvalue weighted by Gasteiger charge is -2.21. The van der Waals surface area contributed by atoms with Crippen LogP contribution in [0.3, 0.4) is 0 Å². The first-order chi connectivity index (χ1) is 12.7. The van der Waals surface area contributed by atoms with E-state index in [0.717, 1.165) is 41.9 Å². The summed E-state index contributed by atoms with van der Waals surface area (Å²) in [4.78, 5) is 2.45. The van der Waals surface area contributed by atoms with Gasteiger partial charge in [0.2, 0.25) is 0 Å². The normalized spacial score (nSPS) is 14.6. The molecule has 3 aromatic rings. The first-order valence-electron chi connectivity index (χ1n) is 9.15. The summed E-state index contributed by atoms with van der Waals surface area (Å²) in [6.07, 6.45) is 2.48. The second-order valence-electron chi connectivity index (χ2n) is 6.86. The molecule has 0 saturated carbocycles. The van der Waals surface area contributed by atoms with Crippen molar-refractivity contribution in [1.29, 1.82) is 0 Å². The molecule has 1 aliphatic heterocycles. The predicted molar refractivity (Wildman–Crippen MR) is 105 cm³/mol. The number of aromatic hydroxyl groups is 2. The number of nitrogens with zero attached hydrogens (tertiary/aromatic N) is 1. The molecule has 0 unspecified atom stereocenters. The Balaban J connectivity index is 1.91. The van der Waals surface area contributed by atoms with Crippen molar-refractivity contribution in [2.45, 2.75) is 19.4 Å². The monoisotopic (exact) mass is 345 g/mol.